The molecule has 0 saturated carbocycles. The van der Waals surface area contributed by atoms with E-state index in [1.165, 1.54) is 40.3 Å². The number of rotatable bonds is 9. The first-order chi connectivity index (χ1) is 29.3. The minimum Gasteiger partial charge on any atom is -0.310 e. The van der Waals surface area contributed by atoms with Crippen molar-refractivity contribution in [3.05, 3.63) is 224 Å². The maximum absolute atomic E-state index is 2.46. The zero-order chi connectivity index (χ0) is 39.1. The third kappa shape index (κ3) is 6.38. The molecule has 0 saturated heterocycles. The standard InChI is InChI=1S/C54H37N3S2/c1-6-18-38(19-7-1)55(39-20-8-2-9-21-39)43-31-33-51-48(34-43)46-32-30-44(36-52(46)58-51)57(42-26-14-5-15-27-42)49-35-45(37-53-54(49)47-28-16-17-29-50(47)59-53)56(40-22-10-3-11-23-40)41-24-12-4-13-25-41/h1-37H. The van der Waals surface area contributed by atoms with Crippen molar-refractivity contribution in [3.8, 4) is 0 Å². The number of hydrogen-bond acceptors (Lipinski definition) is 5. The van der Waals surface area contributed by atoms with E-state index in [1.54, 1.807) is 0 Å². The summed E-state index contributed by atoms with van der Waals surface area (Å²) >= 11 is 3.71. The van der Waals surface area contributed by atoms with Crippen molar-refractivity contribution in [2.75, 3.05) is 14.7 Å². The van der Waals surface area contributed by atoms with Crippen LogP contribution in [0.25, 0.3) is 40.3 Å². The van der Waals surface area contributed by atoms with E-state index in [0.29, 0.717) is 0 Å². The van der Waals surface area contributed by atoms with Crippen LogP contribution >= 0.6 is 22.7 Å². The molecule has 0 aliphatic carbocycles. The summed E-state index contributed by atoms with van der Waals surface area (Å²) in [6.45, 7) is 0. The molecule has 0 unspecified atom stereocenters. The predicted octanol–water partition coefficient (Wildman–Crippen LogP) is 16.8. The van der Waals surface area contributed by atoms with Gasteiger partial charge < -0.3 is 14.7 Å². The SMILES string of the molecule is c1ccc(N(c2ccccc2)c2cc(N(c3ccccc3)c3ccc4c(c3)sc3ccc(N(c5ccccc5)c5ccccc5)cc34)c3c(c2)sc2ccccc23)cc1. The van der Waals surface area contributed by atoms with Crippen molar-refractivity contribution in [1.29, 1.82) is 0 Å². The molecule has 3 nitrogen and oxygen atoms in total. The molecular formula is C54H37N3S2. The Balaban J connectivity index is 1.12. The topological polar surface area (TPSA) is 9.72 Å². The smallest absolute Gasteiger partial charge is 0.0575 e. The van der Waals surface area contributed by atoms with E-state index in [-0.39, 0.29) is 0 Å². The highest BCUT2D eigenvalue weighted by Crippen LogP contribution is 2.50. The molecule has 0 bridgehead atoms. The Hall–Kier alpha value is -7.18. The van der Waals surface area contributed by atoms with Crippen LogP contribution in [0.15, 0.2) is 224 Å². The summed E-state index contributed by atoms with van der Waals surface area (Å²) in [4.78, 5) is 7.17. The first-order valence-electron chi connectivity index (χ1n) is 19.8. The fourth-order valence-electron chi connectivity index (χ4n) is 8.36. The lowest BCUT2D eigenvalue weighted by Gasteiger charge is -2.30. The number of thiophene rings is 2. The Bertz CT molecular complexity index is 3140. The fourth-order valence-corrected chi connectivity index (χ4v) is 10.6. The summed E-state index contributed by atoms with van der Waals surface area (Å²) in [5.41, 5.74) is 10.1. The Morgan fingerprint density at radius 3 is 1.24 bits per heavy atom. The summed E-state index contributed by atoms with van der Waals surface area (Å²) < 4.78 is 5.03. The second kappa shape index (κ2) is 15.0. The number of anilines is 9. The van der Waals surface area contributed by atoms with Crippen LogP contribution in [0.1, 0.15) is 0 Å². The first kappa shape index (κ1) is 35.0. The summed E-state index contributed by atoms with van der Waals surface area (Å²) in [6.07, 6.45) is 0. The molecule has 59 heavy (non-hydrogen) atoms. The molecule has 9 aromatic carbocycles. The molecule has 0 fully saturated rings. The van der Waals surface area contributed by atoms with Gasteiger partial charge in [0.1, 0.15) is 0 Å². The van der Waals surface area contributed by atoms with Gasteiger partial charge in [-0.15, -0.1) is 22.7 Å². The number of nitrogens with zero attached hydrogens (tertiary/aromatic N) is 3. The normalized spacial score (nSPS) is 11.4. The Labute approximate surface area is 351 Å². The molecular weight excluding hydrogens is 755 g/mol. The number of benzene rings is 9. The summed E-state index contributed by atoms with van der Waals surface area (Å²) in [7, 11) is 0. The van der Waals surface area contributed by atoms with Crippen LogP contribution in [0.3, 0.4) is 0 Å². The van der Waals surface area contributed by atoms with Gasteiger partial charge in [0.2, 0.25) is 0 Å². The molecule has 0 aliphatic rings. The number of para-hydroxylation sites is 5. The first-order valence-corrected chi connectivity index (χ1v) is 21.5. The van der Waals surface area contributed by atoms with E-state index >= 15 is 0 Å². The van der Waals surface area contributed by atoms with E-state index in [1.807, 2.05) is 22.7 Å². The molecule has 0 amide bonds. The fraction of sp³-hybridized carbons (Fsp3) is 0. The highest BCUT2D eigenvalue weighted by molar-refractivity contribution is 7.26. The van der Waals surface area contributed by atoms with Gasteiger partial charge in [-0.1, -0.05) is 115 Å². The van der Waals surface area contributed by atoms with Gasteiger partial charge in [0.25, 0.3) is 0 Å². The summed E-state index contributed by atoms with van der Waals surface area (Å²) in [5.74, 6) is 0. The second-order valence-corrected chi connectivity index (χ2v) is 16.8. The predicted molar refractivity (Wildman–Crippen MR) is 256 cm³/mol. The van der Waals surface area contributed by atoms with Gasteiger partial charge in [-0.25, -0.2) is 0 Å². The van der Waals surface area contributed by atoms with Gasteiger partial charge in [-0.3, -0.25) is 0 Å². The van der Waals surface area contributed by atoms with Crippen molar-refractivity contribution in [2.45, 2.75) is 0 Å². The van der Waals surface area contributed by atoms with E-state index in [4.69, 9.17) is 0 Å². The lowest BCUT2D eigenvalue weighted by molar-refractivity contribution is 1.27. The average molecular weight is 792 g/mol. The highest BCUT2D eigenvalue weighted by Gasteiger charge is 2.23. The minimum atomic E-state index is 1.11. The molecule has 0 atom stereocenters. The molecule has 0 aliphatic heterocycles. The van der Waals surface area contributed by atoms with Crippen LogP contribution in [0.5, 0.6) is 0 Å². The van der Waals surface area contributed by atoms with Crippen molar-refractivity contribution in [3.63, 3.8) is 0 Å². The van der Waals surface area contributed by atoms with Gasteiger partial charge in [-0.05, 0) is 109 Å². The molecule has 11 aromatic rings. The van der Waals surface area contributed by atoms with E-state index in [0.717, 1.165) is 51.2 Å². The molecule has 0 spiro atoms. The molecule has 0 radical (unpaired) electrons. The maximum atomic E-state index is 2.46. The number of fused-ring (bicyclic) bond motifs is 6. The lowest BCUT2D eigenvalue weighted by atomic mass is 10.0. The van der Waals surface area contributed by atoms with Crippen LogP contribution < -0.4 is 14.7 Å². The third-order valence-corrected chi connectivity index (χ3v) is 13.2. The van der Waals surface area contributed by atoms with Crippen molar-refractivity contribution < 1.29 is 0 Å². The maximum Gasteiger partial charge on any atom is 0.0575 e. The van der Waals surface area contributed by atoms with E-state index in [9.17, 15) is 0 Å². The second-order valence-electron chi connectivity index (χ2n) is 14.6. The Morgan fingerprint density at radius 1 is 0.237 bits per heavy atom. The minimum absolute atomic E-state index is 1.11. The molecule has 11 rings (SSSR count). The largest absolute Gasteiger partial charge is 0.310 e. The molecule has 0 N–H and O–H groups in total. The summed E-state index contributed by atoms with van der Waals surface area (Å²) in [6, 6.07) is 81.0. The van der Waals surface area contributed by atoms with Gasteiger partial charge in [-0.2, -0.15) is 0 Å². The Morgan fingerprint density at radius 2 is 0.661 bits per heavy atom. The van der Waals surface area contributed by atoms with Crippen molar-refractivity contribution >= 4 is 114 Å². The third-order valence-electron chi connectivity index (χ3n) is 11.0. The van der Waals surface area contributed by atoms with Gasteiger partial charge in [0.15, 0.2) is 0 Å². The van der Waals surface area contributed by atoms with Crippen molar-refractivity contribution in [1.82, 2.24) is 0 Å². The van der Waals surface area contributed by atoms with Crippen LogP contribution in [-0.4, -0.2) is 0 Å². The van der Waals surface area contributed by atoms with E-state index in [2.05, 4.69) is 239 Å². The monoisotopic (exact) mass is 791 g/mol. The number of hydrogen-bond donors (Lipinski definition) is 0. The van der Waals surface area contributed by atoms with Crippen LogP contribution in [0.4, 0.5) is 51.2 Å². The van der Waals surface area contributed by atoms with Gasteiger partial charge >= 0.3 is 0 Å². The Kier molecular flexibility index (Phi) is 8.88. The average Bonchev–Trinajstić information content (AvgIpc) is 3.86. The molecule has 2 heterocycles. The van der Waals surface area contributed by atoms with Gasteiger partial charge in [0.05, 0.1) is 5.69 Å². The lowest BCUT2D eigenvalue weighted by Crippen LogP contribution is -2.13. The zero-order valence-electron chi connectivity index (χ0n) is 32.0. The highest BCUT2D eigenvalue weighted by atomic mass is 32.1. The van der Waals surface area contributed by atoms with Crippen LogP contribution in [0.2, 0.25) is 0 Å². The molecule has 2 aromatic heterocycles. The zero-order valence-corrected chi connectivity index (χ0v) is 33.7. The van der Waals surface area contributed by atoms with Gasteiger partial charge in [0, 0.05) is 85.8 Å². The van der Waals surface area contributed by atoms with Crippen molar-refractivity contribution in [2.24, 2.45) is 0 Å². The quantitative estimate of drug-likeness (QED) is 0.144. The summed E-state index contributed by atoms with van der Waals surface area (Å²) in [5, 5.41) is 5.02. The van der Waals surface area contributed by atoms with Crippen LogP contribution in [-0.2, 0) is 0 Å². The van der Waals surface area contributed by atoms with E-state index < -0.39 is 0 Å². The molecule has 5 heteroatoms. The molecule has 280 valence electrons. The van der Waals surface area contributed by atoms with Crippen LogP contribution in [0, 0.1) is 0 Å².